The average Bonchev–Trinajstić information content (AvgIpc) is 3.04. The first kappa shape index (κ1) is 22.8. The third kappa shape index (κ3) is 5.61. The van der Waals surface area contributed by atoms with Crippen LogP contribution in [-0.4, -0.2) is 37.0 Å². The largest absolute Gasteiger partial charge is 0.416 e. The molecule has 0 atom stereocenters. The molecule has 3 aromatic rings. The Morgan fingerprint density at radius 1 is 1.13 bits per heavy atom. The molecule has 0 spiro atoms. The number of carbonyl (C=O) groups excluding carboxylic acids is 1. The number of benzene rings is 2. The number of fused-ring (bicyclic) bond motifs is 1. The molecule has 0 aliphatic heterocycles. The molecular weight excluding hydrogens is 433 g/mol. The van der Waals surface area contributed by atoms with Gasteiger partial charge in [0.15, 0.2) is 0 Å². The van der Waals surface area contributed by atoms with Crippen molar-refractivity contribution in [2.24, 2.45) is 0 Å². The standard InChI is InChI=1S/C20H21F3N4O3S/c1-14-26-17-8-2-3-9-18(17)27(14)11-5-10-24-19(28)13-25-31(29,30)16-7-4-6-15(12-16)20(21,22)23/h2-4,6-9,12,25H,5,10-11,13H2,1H3,(H,24,28). The van der Waals surface area contributed by atoms with E-state index >= 15 is 0 Å². The molecule has 0 bridgehead atoms. The monoisotopic (exact) mass is 454 g/mol. The first-order valence-electron chi connectivity index (χ1n) is 9.43. The molecule has 2 aromatic carbocycles. The van der Waals surface area contributed by atoms with E-state index < -0.39 is 39.1 Å². The maximum absolute atomic E-state index is 12.8. The summed E-state index contributed by atoms with van der Waals surface area (Å²) in [6.45, 7) is 2.23. The highest BCUT2D eigenvalue weighted by atomic mass is 32.2. The molecule has 1 amide bonds. The van der Waals surface area contributed by atoms with Crippen LogP contribution in [0.1, 0.15) is 17.8 Å². The number of nitrogens with one attached hydrogen (secondary N) is 2. The predicted molar refractivity (Wildman–Crippen MR) is 109 cm³/mol. The first-order valence-corrected chi connectivity index (χ1v) is 10.9. The lowest BCUT2D eigenvalue weighted by atomic mass is 10.2. The molecule has 166 valence electrons. The molecule has 3 rings (SSSR count). The van der Waals surface area contributed by atoms with Crippen molar-refractivity contribution in [1.82, 2.24) is 19.6 Å². The molecule has 0 fully saturated rings. The van der Waals surface area contributed by atoms with Crippen LogP contribution in [-0.2, 0) is 27.5 Å². The lowest BCUT2D eigenvalue weighted by Gasteiger charge is -2.11. The Hall–Kier alpha value is -2.92. The van der Waals surface area contributed by atoms with Gasteiger partial charge >= 0.3 is 6.18 Å². The molecule has 2 N–H and O–H groups in total. The summed E-state index contributed by atoms with van der Waals surface area (Å²) in [5, 5.41) is 2.59. The number of aryl methyl sites for hydroxylation is 2. The van der Waals surface area contributed by atoms with E-state index in [2.05, 4.69) is 10.3 Å². The zero-order valence-corrected chi connectivity index (χ0v) is 17.4. The van der Waals surface area contributed by atoms with Gasteiger partial charge in [-0.2, -0.15) is 13.2 Å². The van der Waals surface area contributed by atoms with Gasteiger partial charge in [0.2, 0.25) is 15.9 Å². The number of halogens is 3. The Labute approximate surface area is 177 Å². The molecule has 11 heteroatoms. The summed E-state index contributed by atoms with van der Waals surface area (Å²) in [6.07, 6.45) is -4.07. The minimum atomic E-state index is -4.66. The first-order chi connectivity index (χ1) is 14.6. The van der Waals surface area contributed by atoms with E-state index in [4.69, 9.17) is 0 Å². The second kappa shape index (κ2) is 9.06. The Morgan fingerprint density at radius 2 is 1.87 bits per heavy atom. The van der Waals surface area contributed by atoms with E-state index in [1.807, 2.05) is 40.5 Å². The molecule has 0 unspecified atom stereocenters. The summed E-state index contributed by atoms with van der Waals surface area (Å²) in [4.78, 5) is 15.9. The summed E-state index contributed by atoms with van der Waals surface area (Å²) in [6, 6.07) is 11.0. The Balaban J connectivity index is 1.49. The number of rotatable bonds is 8. The van der Waals surface area contributed by atoms with E-state index in [0.29, 0.717) is 25.6 Å². The molecular formula is C20H21F3N4O3S. The van der Waals surface area contributed by atoms with Crippen molar-refractivity contribution in [3.63, 3.8) is 0 Å². The number of aromatic nitrogens is 2. The van der Waals surface area contributed by atoms with Crippen molar-refractivity contribution in [2.45, 2.75) is 31.0 Å². The number of hydrogen-bond acceptors (Lipinski definition) is 4. The van der Waals surface area contributed by atoms with Gasteiger partial charge in [-0.15, -0.1) is 0 Å². The fourth-order valence-corrected chi connectivity index (χ4v) is 4.12. The Kier molecular flexibility index (Phi) is 6.65. The van der Waals surface area contributed by atoms with Crippen LogP contribution in [0.15, 0.2) is 53.4 Å². The predicted octanol–water partition coefficient (Wildman–Crippen LogP) is 2.85. The van der Waals surface area contributed by atoms with E-state index in [9.17, 15) is 26.4 Å². The van der Waals surface area contributed by atoms with Gasteiger partial charge in [0.05, 0.1) is 28.0 Å². The average molecular weight is 454 g/mol. The molecule has 1 aromatic heterocycles. The number of carbonyl (C=O) groups is 1. The molecule has 0 radical (unpaired) electrons. The second-order valence-electron chi connectivity index (χ2n) is 6.85. The van der Waals surface area contributed by atoms with E-state index in [1.54, 1.807) is 0 Å². The van der Waals surface area contributed by atoms with Crippen LogP contribution in [0, 0.1) is 6.92 Å². The highest BCUT2D eigenvalue weighted by Gasteiger charge is 2.31. The fraction of sp³-hybridized carbons (Fsp3) is 0.300. The van der Waals surface area contributed by atoms with Gasteiger partial charge in [-0.3, -0.25) is 4.79 Å². The molecule has 0 aliphatic rings. The van der Waals surface area contributed by atoms with Crippen molar-refractivity contribution in [3.05, 3.63) is 59.9 Å². The zero-order valence-electron chi connectivity index (χ0n) is 16.6. The molecule has 31 heavy (non-hydrogen) atoms. The number of alkyl halides is 3. The van der Waals surface area contributed by atoms with Crippen molar-refractivity contribution in [3.8, 4) is 0 Å². The third-order valence-corrected chi connectivity index (χ3v) is 6.02. The van der Waals surface area contributed by atoms with Gasteiger partial charge in [0.25, 0.3) is 0 Å². The van der Waals surface area contributed by atoms with Gasteiger partial charge in [0, 0.05) is 13.1 Å². The van der Waals surface area contributed by atoms with Gasteiger partial charge in [-0.05, 0) is 43.7 Å². The minimum absolute atomic E-state index is 0.302. The highest BCUT2D eigenvalue weighted by molar-refractivity contribution is 7.89. The van der Waals surface area contributed by atoms with E-state index in [1.165, 1.54) is 0 Å². The van der Waals surface area contributed by atoms with Gasteiger partial charge in [-0.1, -0.05) is 18.2 Å². The van der Waals surface area contributed by atoms with Crippen LogP contribution in [0.25, 0.3) is 11.0 Å². The van der Waals surface area contributed by atoms with Gasteiger partial charge in [-0.25, -0.2) is 18.1 Å². The number of sulfonamides is 1. The summed E-state index contributed by atoms with van der Waals surface area (Å²) >= 11 is 0. The number of nitrogens with zero attached hydrogens (tertiary/aromatic N) is 2. The Bertz CT molecular complexity index is 1190. The van der Waals surface area contributed by atoms with Crippen LogP contribution in [0.2, 0.25) is 0 Å². The lowest BCUT2D eigenvalue weighted by Crippen LogP contribution is -2.37. The third-order valence-electron chi connectivity index (χ3n) is 4.62. The molecule has 0 aliphatic carbocycles. The minimum Gasteiger partial charge on any atom is -0.355 e. The number of hydrogen-bond donors (Lipinski definition) is 2. The normalized spacial score (nSPS) is 12.3. The molecule has 1 heterocycles. The van der Waals surface area contributed by atoms with Gasteiger partial charge in [0.1, 0.15) is 5.82 Å². The fourth-order valence-electron chi connectivity index (χ4n) is 3.09. The lowest BCUT2D eigenvalue weighted by molar-refractivity contribution is -0.137. The zero-order chi connectivity index (χ0) is 22.6. The van der Waals surface area contributed by atoms with Crippen molar-refractivity contribution < 1.29 is 26.4 Å². The topological polar surface area (TPSA) is 93.1 Å². The van der Waals surface area contributed by atoms with Crippen LogP contribution in [0.5, 0.6) is 0 Å². The summed E-state index contributed by atoms with van der Waals surface area (Å²) < 4.78 is 66.7. The summed E-state index contributed by atoms with van der Waals surface area (Å²) in [5.41, 5.74) is 0.787. The Morgan fingerprint density at radius 3 is 2.61 bits per heavy atom. The van der Waals surface area contributed by atoms with Crippen LogP contribution in [0.3, 0.4) is 0 Å². The SMILES string of the molecule is Cc1nc2ccccc2n1CCCNC(=O)CNS(=O)(=O)c1cccc(C(F)(F)F)c1. The number of amides is 1. The molecule has 0 saturated carbocycles. The number of para-hydroxylation sites is 2. The highest BCUT2D eigenvalue weighted by Crippen LogP contribution is 2.30. The molecule has 7 nitrogen and oxygen atoms in total. The second-order valence-corrected chi connectivity index (χ2v) is 8.62. The van der Waals surface area contributed by atoms with Crippen LogP contribution in [0.4, 0.5) is 13.2 Å². The molecule has 0 saturated heterocycles. The van der Waals surface area contributed by atoms with E-state index in [-0.39, 0.29) is 0 Å². The quantitative estimate of drug-likeness (QED) is 0.512. The van der Waals surface area contributed by atoms with Crippen molar-refractivity contribution >= 4 is 27.0 Å². The summed E-state index contributed by atoms with van der Waals surface area (Å²) in [7, 11) is -4.26. The maximum Gasteiger partial charge on any atom is 0.416 e. The van der Waals surface area contributed by atoms with Gasteiger partial charge < -0.3 is 9.88 Å². The van der Waals surface area contributed by atoms with Crippen molar-refractivity contribution in [2.75, 3.05) is 13.1 Å². The van der Waals surface area contributed by atoms with Crippen molar-refractivity contribution in [1.29, 1.82) is 0 Å². The van der Waals surface area contributed by atoms with Crippen LogP contribution < -0.4 is 10.0 Å². The van der Waals surface area contributed by atoms with E-state index in [0.717, 1.165) is 35.1 Å². The smallest absolute Gasteiger partial charge is 0.355 e. The summed E-state index contributed by atoms with van der Waals surface area (Å²) in [5.74, 6) is 0.268. The van der Waals surface area contributed by atoms with Crippen LogP contribution >= 0.6 is 0 Å². The number of imidazole rings is 1. The maximum atomic E-state index is 12.8.